The summed E-state index contributed by atoms with van der Waals surface area (Å²) in [5, 5.41) is 3.39. The van der Waals surface area contributed by atoms with Gasteiger partial charge in [0.05, 0.1) is 12.3 Å². The summed E-state index contributed by atoms with van der Waals surface area (Å²) in [6, 6.07) is 8.42. The average molecular weight is 276 g/mol. The molecule has 0 amide bonds. The molecule has 2 heterocycles. The number of para-hydroxylation sites is 2. The lowest BCUT2D eigenvalue weighted by molar-refractivity contribution is 0.0498. The number of hydrogen-bond acceptors (Lipinski definition) is 4. The van der Waals surface area contributed by atoms with Crippen molar-refractivity contribution in [2.24, 2.45) is 5.92 Å². The van der Waals surface area contributed by atoms with E-state index in [2.05, 4.69) is 34.5 Å². The summed E-state index contributed by atoms with van der Waals surface area (Å²) in [4.78, 5) is 2.41. The van der Waals surface area contributed by atoms with Gasteiger partial charge in [0.15, 0.2) is 0 Å². The van der Waals surface area contributed by atoms with Gasteiger partial charge in [0.2, 0.25) is 0 Å². The summed E-state index contributed by atoms with van der Waals surface area (Å²) in [6.45, 7) is 6.78. The third-order valence-corrected chi connectivity index (χ3v) is 4.14. The Morgan fingerprint density at radius 1 is 1.15 bits per heavy atom. The van der Waals surface area contributed by atoms with Gasteiger partial charge in [-0.2, -0.15) is 0 Å². The van der Waals surface area contributed by atoms with Crippen LogP contribution < -0.4 is 15.0 Å². The van der Waals surface area contributed by atoms with Crippen LogP contribution in [0.3, 0.4) is 0 Å². The van der Waals surface area contributed by atoms with Crippen molar-refractivity contribution in [2.45, 2.75) is 12.8 Å². The van der Waals surface area contributed by atoms with E-state index in [1.165, 1.54) is 5.69 Å². The summed E-state index contributed by atoms with van der Waals surface area (Å²) in [5.41, 5.74) is 1.24. The third kappa shape index (κ3) is 3.44. The first-order valence-corrected chi connectivity index (χ1v) is 7.69. The van der Waals surface area contributed by atoms with Crippen molar-refractivity contribution in [2.75, 3.05) is 50.9 Å². The molecule has 1 N–H and O–H groups in total. The second-order valence-corrected chi connectivity index (χ2v) is 5.57. The van der Waals surface area contributed by atoms with E-state index in [1.807, 2.05) is 0 Å². The van der Waals surface area contributed by atoms with Crippen LogP contribution in [0.4, 0.5) is 5.69 Å². The molecule has 2 aliphatic rings. The molecule has 3 rings (SSSR count). The standard InChI is InChI=1S/C16H24N2O2/c1-2-4-16(20-13-14-5-11-19-12-6-14)15(3-1)18-9-7-17-8-10-18/h1-4,14,17H,5-13H2. The highest BCUT2D eigenvalue weighted by molar-refractivity contribution is 5.58. The number of piperazine rings is 1. The fourth-order valence-electron chi connectivity index (χ4n) is 2.87. The lowest BCUT2D eigenvalue weighted by Gasteiger charge is -2.31. The van der Waals surface area contributed by atoms with Crippen molar-refractivity contribution in [1.82, 2.24) is 5.32 Å². The molecule has 20 heavy (non-hydrogen) atoms. The molecule has 0 bridgehead atoms. The van der Waals surface area contributed by atoms with Crippen molar-refractivity contribution in [3.63, 3.8) is 0 Å². The lowest BCUT2D eigenvalue weighted by Crippen LogP contribution is -2.43. The predicted molar refractivity (Wildman–Crippen MR) is 80.6 cm³/mol. The maximum atomic E-state index is 6.11. The molecule has 0 saturated carbocycles. The molecule has 2 fully saturated rings. The molecule has 0 aliphatic carbocycles. The first-order chi connectivity index (χ1) is 9.93. The van der Waals surface area contributed by atoms with E-state index in [1.54, 1.807) is 0 Å². The minimum Gasteiger partial charge on any atom is -0.491 e. The Morgan fingerprint density at radius 3 is 2.70 bits per heavy atom. The molecule has 0 unspecified atom stereocenters. The lowest BCUT2D eigenvalue weighted by atomic mass is 10.0. The van der Waals surface area contributed by atoms with Crippen LogP contribution in [0.1, 0.15) is 12.8 Å². The van der Waals surface area contributed by atoms with Crippen LogP contribution in [-0.4, -0.2) is 46.0 Å². The van der Waals surface area contributed by atoms with Crippen LogP contribution in [0.25, 0.3) is 0 Å². The molecule has 4 nitrogen and oxygen atoms in total. The average Bonchev–Trinajstić information content (AvgIpc) is 2.55. The first kappa shape index (κ1) is 13.7. The largest absolute Gasteiger partial charge is 0.491 e. The van der Waals surface area contributed by atoms with Crippen LogP contribution in [-0.2, 0) is 4.74 Å². The van der Waals surface area contributed by atoms with Crippen molar-refractivity contribution in [3.8, 4) is 5.75 Å². The second kappa shape index (κ2) is 6.95. The topological polar surface area (TPSA) is 33.7 Å². The number of nitrogens with one attached hydrogen (secondary N) is 1. The van der Waals surface area contributed by atoms with Crippen molar-refractivity contribution < 1.29 is 9.47 Å². The van der Waals surface area contributed by atoms with Crippen LogP contribution in [0.5, 0.6) is 5.75 Å². The van der Waals surface area contributed by atoms with E-state index in [-0.39, 0.29) is 0 Å². The molecule has 1 aromatic carbocycles. The Kier molecular flexibility index (Phi) is 4.77. The molecule has 0 aromatic heterocycles. The molecule has 0 radical (unpaired) electrons. The van der Waals surface area contributed by atoms with Gasteiger partial charge < -0.3 is 19.7 Å². The van der Waals surface area contributed by atoms with Gasteiger partial charge in [0, 0.05) is 39.4 Å². The van der Waals surface area contributed by atoms with E-state index in [4.69, 9.17) is 9.47 Å². The summed E-state index contributed by atoms with van der Waals surface area (Å²) in [7, 11) is 0. The van der Waals surface area contributed by atoms with Gasteiger partial charge in [-0.3, -0.25) is 0 Å². The summed E-state index contributed by atoms with van der Waals surface area (Å²) in [6.07, 6.45) is 2.24. The van der Waals surface area contributed by atoms with Gasteiger partial charge in [-0.05, 0) is 30.9 Å². The van der Waals surface area contributed by atoms with E-state index < -0.39 is 0 Å². The van der Waals surface area contributed by atoms with Gasteiger partial charge in [0.25, 0.3) is 0 Å². The molecule has 2 aliphatic heterocycles. The van der Waals surface area contributed by atoms with Crippen LogP contribution in [0.15, 0.2) is 24.3 Å². The van der Waals surface area contributed by atoms with E-state index in [0.717, 1.165) is 64.6 Å². The Morgan fingerprint density at radius 2 is 1.90 bits per heavy atom. The zero-order chi connectivity index (χ0) is 13.6. The zero-order valence-electron chi connectivity index (χ0n) is 12.0. The number of benzene rings is 1. The molecule has 1 aromatic rings. The van der Waals surface area contributed by atoms with Gasteiger partial charge in [-0.25, -0.2) is 0 Å². The summed E-state index contributed by atoms with van der Waals surface area (Å²) in [5.74, 6) is 1.67. The van der Waals surface area contributed by atoms with Gasteiger partial charge >= 0.3 is 0 Å². The molecule has 0 atom stereocenters. The molecule has 2 saturated heterocycles. The predicted octanol–water partition coefficient (Wildman–Crippen LogP) is 1.90. The van der Waals surface area contributed by atoms with Gasteiger partial charge in [-0.1, -0.05) is 12.1 Å². The van der Waals surface area contributed by atoms with Crippen molar-refractivity contribution in [1.29, 1.82) is 0 Å². The molecule has 110 valence electrons. The zero-order valence-corrected chi connectivity index (χ0v) is 12.0. The van der Waals surface area contributed by atoms with Gasteiger partial charge in [0.1, 0.15) is 5.75 Å². The highest BCUT2D eigenvalue weighted by Gasteiger charge is 2.17. The Hall–Kier alpha value is -1.26. The van der Waals surface area contributed by atoms with Crippen LogP contribution >= 0.6 is 0 Å². The van der Waals surface area contributed by atoms with Crippen molar-refractivity contribution >= 4 is 5.69 Å². The molecule has 4 heteroatoms. The smallest absolute Gasteiger partial charge is 0.142 e. The highest BCUT2D eigenvalue weighted by Crippen LogP contribution is 2.29. The minimum atomic E-state index is 0.639. The number of nitrogens with zero attached hydrogens (tertiary/aromatic N) is 1. The number of anilines is 1. The SMILES string of the molecule is c1ccc(N2CCNCC2)c(OCC2CCOCC2)c1. The van der Waals surface area contributed by atoms with Crippen LogP contribution in [0.2, 0.25) is 0 Å². The maximum Gasteiger partial charge on any atom is 0.142 e. The number of ether oxygens (including phenoxy) is 2. The Balaban J connectivity index is 1.62. The fourth-order valence-corrected chi connectivity index (χ4v) is 2.87. The highest BCUT2D eigenvalue weighted by atomic mass is 16.5. The van der Waals surface area contributed by atoms with E-state index in [0.29, 0.717) is 5.92 Å². The summed E-state index contributed by atoms with van der Waals surface area (Å²) >= 11 is 0. The fraction of sp³-hybridized carbons (Fsp3) is 0.625. The van der Waals surface area contributed by atoms with Crippen molar-refractivity contribution in [3.05, 3.63) is 24.3 Å². The molecule has 0 spiro atoms. The maximum absolute atomic E-state index is 6.11. The minimum absolute atomic E-state index is 0.639. The Labute approximate surface area is 121 Å². The monoisotopic (exact) mass is 276 g/mol. The van der Waals surface area contributed by atoms with Crippen LogP contribution in [0, 0.1) is 5.92 Å². The second-order valence-electron chi connectivity index (χ2n) is 5.57. The first-order valence-electron chi connectivity index (χ1n) is 7.69. The van der Waals surface area contributed by atoms with E-state index in [9.17, 15) is 0 Å². The Bertz CT molecular complexity index is 413. The molecular weight excluding hydrogens is 252 g/mol. The van der Waals surface area contributed by atoms with Gasteiger partial charge in [-0.15, -0.1) is 0 Å². The number of rotatable bonds is 4. The van der Waals surface area contributed by atoms with E-state index >= 15 is 0 Å². The molecular formula is C16H24N2O2. The normalized spacial score (nSPS) is 20.9. The third-order valence-electron chi connectivity index (χ3n) is 4.14. The number of hydrogen-bond donors (Lipinski definition) is 1. The quantitative estimate of drug-likeness (QED) is 0.911. The summed E-state index contributed by atoms with van der Waals surface area (Å²) < 4.78 is 11.5.